The number of rotatable bonds is 5. The third kappa shape index (κ3) is 4.91. The van der Waals surface area contributed by atoms with Gasteiger partial charge in [0.1, 0.15) is 16.5 Å². The molecular weight excluding hydrogens is 525 g/mol. The largest absolute Gasteiger partial charge is 0.347 e. The fourth-order valence-corrected chi connectivity index (χ4v) is 6.51. The van der Waals surface area contributed by atoms with Gasteiger partial charge in [0, 0.05) is 61.9 Å². The topological polar surface area (TPSA) is 116 Å². The molecule has 12 heteroatoms. The van der Waals surface area contributed by atoms with Crippen LogP contribution in [0.5, 0.6) is 0 Å². The summed E-state index contributed by atoms with van der Waals surface area (Å²) in [6.07, 6.45) is 6.01. The van der Waals surface area contributed by atoms with Crippen LogP contribution in [-0.2, 0) is 26.5 Å². The lowest BCUT2D eigenvalue weighted by molar-refractivity contribution is -0.179. The lowest BCUT2D eigenvalue weighted by Gasteiger charge is -2.36. The van der Waals surface area contributed by atoms with Gasteiger partial charge in [-0.25, -0.2) is 17.8 Å². The zero-order valence-corrected chi connectivity index (χ0v) is 21.9. The van der Waals surface area contributed by atoms with E-state index in [1.54, 1.807) is 23.1 Å². The van der Waals surface area contributed by atoms with E-state index in [0.717, 1.165) is 34.0 Å². The number of amides is 1. The number of hydrogen-bond acceptors (Lipinski definition) is 7. The minimum absolute atomic E-state index is 0.00285. The summed E-state index contributed by atoms with van der Waals surface area (Å²) in [5, 5.41) is 8.63. The molecule has 4 aromatic rings. The molecule has 1 spiro atoms. The van der Waals surface area contributed by atoms with Crippen LogP contribution in [0, 0.1) is 5.82 Å². The Hall–Kier alpha value is -3.71. The average Bonchev–Trinajstić information content (AvgIpc) is 3.57. The number of carbonyl (C=O) groups excluding carboxylic acids is 1. The van der Waals surface area contributed by atoms with Crippen LogP contribution in [0.4, 0.5) is 10.2 Å². The van der Waals surface area contributed by atoms with Gasteiger partial charge in [-0.1, -0.05) is 12.1 Å². The molecule has 0 atom stereocenters. The Morgan fingerprint density at radius 2 is 1.77 bits per heavy atom. The first-order chi connectivity index (χ1) is 18.7. The Labute approximate surface area is 224 Å². The number of halogens is 1. The summed E-state index contributed by atoms with van der Waals surface area (Å²) in [5.41, 5.74) is 1.91. The predicted molar refractivity (Wildman–Crippen MR) is 141 cm³/mol. The van der Waals surface area contributed by atoms with Crippen molar-refractivity contribution in [1.29, 1.82) is 0 Å². The normalized spacial score (nSPS) is 17.6. The zero-order chi connectivity index (χ0) is 27.2. The van der Waals surface area contributed by atoms with E-state index in [9.17, 15) is 17.6 Å². The smallest absolute Gasteiger partial charge is 0.256 e. The molecule has 2 fully saturated rings. The van der Waals surface area contributed by atoms with E-state index in [0.29, 0.717) is 26.1 Å². The highest BCUT2D eigenvalue weighted by atomic mass is 32.2. The van der Waals surface area contributed by atoms with E-state index in [1.165, 1.54) is 10.4 Å². The molecule has 2 aromatic heterocycles. The molecule has 6 rings (SSSR count). The molecule has 0 saturated carbocycles. The van der Waals surface area contributed by atoms with Crippen LogP contribution in [0.15, 0.2) is 66.0 Å². The maximum Gasteiger partial charge on any atom is 0.256 e. The summed E-state index contributed by atoms with van der Waals surface area (Å²) in [6, 6.07) is 10.9. The first-order valence-electron chi connectivity index (χ1n) is 12.5. The van der Waals surface area contributed by atoms with Crippen LogP contribution in [0.1, 0.15) is 23.2 Å². The summed E-state index contributed by atoms with van der Waals surface area (Å²) >= 11 is 0. The zero-order valence-electron chi connectivity index (χ0n) is 21.1. The number of anilines is 1. The highest BCUT2D eigenvalue weighted by Gasteiger charge is 2.43. The molecule has 1 N–H and O–H groups in total. The molecule has 4 heterocycles. The maximum absolute atomic E-state index is 14.8. The van der Waals surface area contributed by atoms with Gasteiger partial charge in [-0.15, -0.1) is 0 Å². The summed E-state index contributed by atoms with van der Waals surface area (Å²) < 4.78 is 55.6. The molecule has 2 aromatic carbocycles. The second-order valence-electron chi connectivity index (χ2n) is 9.65. The highest BCUT2D eigenvalue weighted by Crippen LogP contribution is 2.34. The van der Waals surface area contributed by atoms with Gasteiger partial charge in [-0.3, -0.25) is 9.48 Å². The van der Waals surface area contributed by atoms with Crippen molar-refractivity contribution in [2.45, 2.75) is 23.5 Å². The number of piperidine rings is 1. The van der Waals surface area contributed by atoms with E-state index < -0.39 is 32.4 Å². The highest BCUT2D eigenvalue weighted by molar-refractivity contribution is 7.89. The monoisotopic (exact) mass is 551 g/mol. The Morgan fingerprint density at radius 3 is 2.49 bits per heavy atom. The Balaban J connectivity index is 1.22. The van der Waals surface area contributed by atoms with Crippen molar-refractivity contribution >= 4 is 32.5 Å². The molecule has 0 aliphatic carbocycles. The molecule has 39 heavy (non-hydrogen) atoms. The average molecular weight is 552 g/mol. The van der Waals surface area contributed by atoms with Gasteiger partial charge in [0.25, 0.3) is 5.91 Å². The van der Waals surface area contributed by atoms with Crippen molar-refractivity contribution < 1.29 is 27.1 Å². The van der Waals surface area contributed by atoms with Gasteiger partial charge in [0.05, 0.1) is 19.4 Å². The van der Waals surface area contributed by atoms with Crippen molar-refractivity contribution in [2.24, 2.45) is 7.05 Å². The molecule has 0 radical (unpaired) electrons. The standard InChI is InChI=1S/C27H26FN5O5S/c1-32-17-22(16-30-32)18-2-3-20-15-29-25(14-21(20)12-18)31-26(34)19-4-5-23(28)24(13-19)39(35,36)33-8-6-27(7-9-33)37-10-11-38-27/h2-5,12-17H,6-11H2,1H3,(H,29,31,34). The number of aromatic nitrogens is 3. The second-order valence-corrected chi connectivity index (χ2v) is 11.6. The summed E-state index contributed by atoms with van der Waals surface area (Å²) in [7, 11) is -2.34. The van der Waals surface area contributed by atoms with Crippen LogP contribution < -0.4 is 5.32 Å². The molecule has 2 aliphatic rings. The number of fused-ring (bicyclic) bond motifs is 1. The van der Waals surface area contributed by atoms with Crippen LogP contribution in [0.25, 0.3) is 21.9 Å². The number of benzene rings is 2. The second kappa shape index (κ2) is 9.79. The fourth-order valence-electron chi connectivity index (χ4n) is 4.98. The van der Waals surface area contributed by atoms with Crippen molar-refractivity contribution in [3.05, 3.63) is 72.4 Å². The quantitative estimate of drug-likeness (QED) is 0.403. The number of nitrogens with zero attached hydrogens (tertiary/aromatic N) is 4. The number of hydrogen-bond donors (Lipinski definition) is 1. The molecule has 202 valence electrons. The minimum atomic E-state index is -4.18. The number of carbonyl (C=O) groups is 1. The number of pyridine rings is 1. The van der Waals surface area contributed by atoms with Crippen molar-refractivity contribution in [2.75, 3.05) is 31.6 Å². The van der Waals surface area contributed by atoms with Crippen LogP contribution in [-0.4, -0.2) is 65.5 Å². The first kappa shape index (κ1) is 25.6. The predicted octanol–water partition coefficient (Wildman–Crippen LogP) is 3.55. The van der Waals surface area contributed by atoms with Gasteiger partial charge < -0.3 is 14.8 Å². The van der Waals surface area contributed by atoms with Crippen LogP contribution >= 0.6 is 0 Å². The third-order valence-corrected chi connectivity index (χ3v) is 9.02. The van der Waals surface area contributed by atoms with Gasteiger partial charge in [0.2, 0.25) is 10.0 Å². The van der Waals surface area contributed by atoms with Gasteiger partial charge >= 0.3 is 0 Å². The summed E-state index contributed by atoms with van der Waals surface area (Å²) in [6.45, 7) is 1.19. The van der Waals surface area contributed by atoms with Gasteiger partial charge in [-0.05, 0) is 41.3 Å². The molecule has 2 aliphatic heterocycles. The Bertz CT molecular complexity index is 1670. The first-order valence-corrected chi connectivity index (χ1v) is 13.9. The molecule has 10 nitrogen and oxygen atoms in total. The van der Waals surface area contributed by atoms with Gasteiger partial charge in [0.15, 0.2) is 5.79 Å². The minimum Gasteiger partial charge on any atom is -0.347 e. The Kier molecular flexibility index (Phi) is 6.42. The Morgan fingerprint density at radius 1 is 1.00 bits per heavy atom. The van der Waals surface area contributed by atoms with E-state index in [4.69, 9.17) is 9.47 Å². The molecular formula is C27H26FN5O5S. The lowest BCUT2D eigenvalue weighted by atomic mass is 10.1. The van der Waals surface area contributed by atoms with Crippen molar-refractivity contribution in [1.82, 2.24) is 19.1 Å². The maximum atomic E-state index is 14.8. The van der Waals surface area contributed by atoms with E-state index in [-0.39, 0.29) is 24.5 Å². The third-order valence-electron chi connectivity index (χ3n) is 7.11. The van der Waals surface area contributed by atoms with Crippen LogP contribution in [0.2, 0.25) is 0 Å². The van der Waals surface area contributed by atoms with E-state index >= 15 is 0 Å². The molecule has 2 saturated heterocycles. The van der Waals surface area contributed by atoms with Crippen LogP contribution in [0.3, 0.4) is 0 Å². The number of aryl methyl sites for hydroxylation is 1. The molecule has 0 bridgehead atoms. The van der Waals surface area contributed by atoms with Crippen molar-refractivity contribution in [3.63, 3.8) is 0 Å². The van der Waals surface area contributed by atoms with Crippen molar-refractivity contribution in [3.8, 4) is 11.1 Å². The fraction of sp³-hybridized carbons (Fsp3) is 0.296. The van der Waals surface area contributed by atoms with E-state index in [1.807, 2.05) is 31.4 Å². The summed E-state index contributed by atoms with van der Waals surface area (Å²) in [5.74, 6) is -2.01. The van der Waals surface area contributed by atoms with Gasteiger partial charge in [-0.2, -0.15) is 9.40 Å². The van der Waals surface area contributed by atoms with E-state index in [2.05, 4.69) is 15.4 Å². The lowest BCUT2D eigenvalue weighted by Crippen LogP contribution is -2.47. The summed E-state index contributed by atoms with van der Waals surface area (Å²) in [4.78, 5) is 16.8. The SMILES string of the molecule is Cn1cc(-c2ccc3cnc(NC(=O)c4ccc(F)c(S(=O)(=O)N5CCC6(CC5)OCCO6)c4)cc3c2)cn1. The molecule has 0 unspecified atom stereocenters. The number of sulfonamides is 1. The number of nitrogens with one attached hydrogen (secondary N) is 1. The number of ether oxygens (including phenoxy) is 2. The molecule has 1 amide bonds.